The normalized spacial score (nSPS) is 26.2. The van der Waals surface area contributed by atoms with Crippen molar-refractivity contribution in [2.45, 2.75) is 115 Å². The molecule has 2 aliphatic heterocycles. The number of carbonyl (C=O) groups is 4. The van der Waals surface area contributed by atoms with Crippen molar-refractivity contribution in [1.82, 2.24) is 19.9 Å². The minimum absolute atomic E-state index is 0.0276. The number of thiophene rings is 1. The molecule has 2 N–H and O–H groups in total. The Labute approximate surface area is 345 Å². The van der Waals surface area contributed by atoms with Gasteiger partial charge in [0.2, 0.25) is 27.7 Å². The maximum Gasteiger partial charge on any atom is 0.262 e. The van der Waals surface area contributed by atoms with E-state index in [-0.39, 0.29) is 43.1 Å². The Kier molecular flexibility index (Phi) is 12.0. The van der Waals surface area contributed by atoms with E-state index in [9.17, 15) is 27.6 Å². The highest BCUT2D eigenvalue weighted by atomic mass is 79.9. The van der Waals surface area contributed by atoms with Crippen molar-refractivity contribution in [2.24, 2.45) is 11.3 Å². The summed E-state index contributed by atoms with van der Waals surface area (Å²) in [5, 5.41) is 3.02. The molecule has 16 heteroatoms. The van der Waals surface area contributed by atoms with E-state index in [1.54, 1.807) is 25.3 Å². The van der Waals surface area contributed by atoms with Gasteiger partial charge in [-0.1, -0.05) is 25.0 Å². The summed E-state index contributed by atoms with van der Waals surface area (Å²) in [5.74, 6) is -0.833. The fourth-order valence-electron chi connectivity index (χ4n) is 7.90. The van der Waals surface area contributed by atoms with E-state index in [0.29, 0.717) is 69.7 Å². The van der Waals surface area contributed by atoms with Gasteiger partial charge in [0.1, 0.15) is 23.6 Å². The quantitative estimate of drug-likeness (QED) is 0.217. The van der Waals surface area contributed by atoms with E-state index in [0.717, 1.165) is 24.1 Å². The monoisotopic (exact) mass is 884 g/mol. The van der Waals surface area contributed by atoms with Gasteiger partial charge < -0.3 is 24.4 Å². The number of ketones is 1. The van der Waals surface area contributed by atoms with Crippen molar-refractivity contribution in [3.8, 4) is 17.4 Å². The minimum atomic E-state index is -3.86. The van der Waals surface area contributed by atoms with Crippen molar-refractivity contribution in [2.75, 3.05) is 13.7 Å². The second-order valence-corrected chi connectivity index (χ2v) is 19.9. The minimum Gasteiger partial charge on any atom is -0.495 e. The predicted molar refractivity (Wildman–Crippen MR) is 219 cm³/mol. The van der Waals surface area contributed by atoms with Gasteiger partial charge in [-0.15, -0.1) is 11.3 Å². The number of benzene rings is 1. The summed E-state index contributed by atoms with van der Waals surface area (Å²) in [7, 11) is -2.30. The number of amides is 3. The largest absolute Gasteiger partial charge is 0.495 e. The van der Waals surface area contributed by atoms with Crippen molar-refractivity contribution < 1.29 is 41.8 Å². The Bertz CT molecular complexity index is 2200. The first-order valence-corrected chi connectivity index (χ1v) is 22.8. The van der Waals surface area contributed by atoms with Gasteiger partial charge in [-0.05, 0) is 105 Å². The zero-order valence-electron chi connectivity index (χ0n) is 32.5. The number of ether oxygens (including phenoxy) is 3. The highest BCUT2D eigenvalue weighted by molar-refractivity contribution is 9.10. The zero-order valence-corrected chi connectivity index (χ0v) is 35.8. The van der Waals surface area contributed by atoms with E-state index in [4.69, 9.17) is 19.2 Å². The molecule has 0 spiro atoms. The van der Waals surface area contributed by atoms with Gasteiger partial charge in [-0.2, -0.15) is 0 Å². The molecule has 3 aromatic rings. The maximum absolute atomic E-state index is 14.7. The second-order valence-electron chi connectivity index (χ2n) is 15.9. The number of aromatic nitrogens is 1. The summed E-state index contributed by atoms with van der Waals surface area (Å²) in [4.78, 5) is 64.4. The van der Waals surface area contributed by atoms with Crippen molar-refractivity contribution >= 4 is 71.7 Å². The van der Waals surface area contributed by atoms with Crippen LogP contribution in [0.15, 0.2) is 47.0 Å². The molecule has 13 nitrogen and oxygen atoms in total. The second kappa shape index (κ2) is 16.7. The molecule has 4 aliphatic rings. The van der Waals surface area contributed by atoms with Crippen LogP contribution in [0, 0.1) is 18.3 Å². The summed E-state index contributed by atoms with van der Waals surface area (Å²) in [5.41, 5.74) is -0.722. The smallest absolute Gasteiger partial charge is 0.262 e. The fraction of sp³-hybridized carbons (Fsp3) is 0.537. The molecule has 306 valence electrons. The molecule has 2 aromatic heterocycles. The molecule has 0 radical (unpaired) electrons. The predicted octanol–water partition coefficient (Wildman–Crippen LogP) is 6.40. The van der Waals surface area contributed by atoms with Crippen molar-refractivity contribution in [1.29, 1.82) is 0 Å². The van der Waals surface area contributed by atoms with Crippen LogP contribution in [0.4, 0.5) is 0 Å². The molecule has 2 aliphatic carbocycles. The molecule has 3 fully saturated rings. The molecule has 1 saturated heterocycles. The number of rotatable bonds is 10. The van der Waals surface area contributed by atoms with Crippen LogP contribution in [0.2, 0.25) is 0 Å². The van der Waals surface area contributed by atoms with Gasteiger partial charge in [0.15, 0.2) is 5.78 Å². The Balaban J connectivity index is 1.23. The number of pyridine rings is 1. The van der Waals surface area contributed by atoms with Crippen LogP contribution in [0.5, 0.6) is 17.4 Å². The van der Waals surface area contributed by atoms with Crippen molar-refractivity contribution in [3.63, 3.8) is 0 Å². The summed E-state index contributed by atoms with van der Waals surface area (Å²) >= 11 is 4.95. The molecule has 5 atom stereocenters. The van der Waals surface area contributed by atoms with Crippen LogP contribution in [0.25, 0.3) is 10.9 Å². The molecule has 0 unspecified atom stereocenters. The van der Waals surface area contributed by atoms with Gasteiger partial charge in [0, 0.05) is 29.2 Å². The lowest BCUT2D eigenvalue weighted by molar-refractivity contribution is -0.140. The first-order valence-electron chi connectivity index (χ1n) is 19.6. The first-order chi connectivity index (χ1) is 27.2. The van der Waals surface area contributed by atoms with E-state index < -0.39 is 50.7 Å². The molecule has 4 heterocycles. The van der Waals surface area contributed by atoms with Crippen LogP contribution in [-0.4, -0.2) is 85.0 Å². The topological polar surface area (TPSA) is 170 Å². The van der Waals surface area contributed by atoms with Crippen molar-refractivity contribution in [3.05, 3.63) is 56.7 Å². The average molecular weight is 886 g/mol. The lowest BCUT2D eigenvalue weighted by atomic mass is 9.91. The fourth-order valence-corrected chi connectivity index (χ4v) is 10.6. The number of carbonyl (C=O) groups excluding carboxylic acids is 4. The van der Waals surface area contributed by atoms with E-state index in [2.05, 4.69) is 26.0 Å². The molecule has 3 amide bonds. The van der Waals surface area contributed by atoms with Gasteiger partial charge in [-0.25, -0.2) is 13.4 Å². The van der Waals surface area contributed by atoms with Crippen LogP contribution < -0.4 is 24.2 Å². The average Bonchev–Trinajstić information content (AvgIpc) is 4.05. The number of Topliss-reactive ketones (excluding diaryl/α,β-unsaturated/α-hetero) is 1. The van der Waals surface area contributed by atoms with E-state index in [1.165, 1.54) is 16.2 Å². The zero-order chi connectivity index (χ0) is 40.6. The molecule has 0 bridgehead atoms. The molecular weight excluding hydrogens is 837 g/mol. The number of hydrogen-bond acceptors (Lipinski definition) is 11. The molecule has 57 heavy (non-hydrogen) atoms. The number of hydrogen-bond donors (Lipinski definition) is 2. The van der Waals surface area contributed by atoms with Crippen LogP contribution in [0.3, 0.4) is 0 Å². The Morgan fingerprint density at radius 1 is 1.07 bits per heavy atom. The number of methoxy groups -OCH3 is 1. The van der Waals surface area contributed by atoms with E-state index in [1.807, 2.05) is 45.1 Å². The number of nitrogens with zero attached hydrogens (tertiary/aromatic N) is 2. The van der Waals surface area contributed by atoms with Gasteiger partial charge in [-0.3, -0.25) is 23.9 Å². The number of nitrogens with one attached hydrogen (secondary N) is 2. The summed E-state index contributed by atoms with van der Waals surface area (Å²) in [6.45, 7) is 5.70. The highest BCUT2D eigenvalue weighted by Crippen LogP contribution is 2.57. The van der Waals surface area contributed by atoms with Crippen LogP contribution in [-0.2, 0) is 24.4 Å². The Hall–Kier alpha value is -4.02. The molecule has 1 aromatic carbocycles. The summed E-state index contributed by atoms with van der Waals surface area (Å²) in [6.07, 6.45) is 7.60. The number of fused-ring (bicyclic) bond motifs is 3. The molecule has 2 saturated carbocycles. The maximum atomic E-state index is 14.7. The van der Waals surface area contributed by atoms with Crippen LogP contribution >= 0.6 is 27.3 Å². The third-order valence-corrected chi connectivity index (χ3v) is 14.8. The lowest BCUT2D eigenvalue weighted by Gasteiger charge is -2.29. The third kappa shape index (κ3) is 9.02. The highest BCUT2D eigenvalue weighted by Gasteiger charge is 2.61. The number of sulfonamides is 1. The van der Waals surface area contributed by atoms with Gasteiger partial charge in [0.05, 0.1) is 51.3 Å². The SMILES string of the molecule is COc1ccc2c(O[C@@H]3C[C@H]4C(=O)C[C@]5(C(=O)NS(=O)(=O)C6CC6)C[C@@H]5/C=C\CCCCC[C@H](NC(=O)c5ccc(C)s5)C(=O)N4C3)cc(OC(C)C)nc2c1Br. The summed E-state index contributed by atoms with van der Waals surface area (Å²) < 4.78 is 47.0. The van der Waals surface area contributed by atoms with Gasteiger partial charge >= 0.3 is 0 Å². The number of halogens is 1. The molecule has 7 rings (SSSR count). The third-order valence-electron chi connectivity index (χ3n) is 11.2. The summed E-state index contributed by atoms with van der Waals surface area (Å²) in [6, 6.07) is 6.96. The van der Waals surface area contributed by atoms with Gasteiger partial charge in [0.25, 0.3) is 5.91 Å². The standard InChI is InChI=1S/C41H49BrN4O9S2/c1-23(2)54-35-19-33(28-15-16-32(53-4)36(42)37(28)44-35)55-26-18-30-31(47)21-41(40(50)45-57(51,52)27-13-14-27)20-25(41)10-8-6-5-7-9-11-29(39(49)46(30)22-26)43-38(48)34-17-12-24(3)56-34/h8,10,12,15-17,19,23,25-27,29-30H,5-7,9,11,13-14,18,20-22H2,1-4H3,(H,43,48)(H,45,50)/b10-8-/t25-,26+,29-,30-,41+/m0/s1. The lowest BCUT2D eigenvalue weighted by Crippen LogP contribution is -2.52. The number of allylic oxidation sites excluding steroid dienone is 2. The molecular formula is C41H49BrN4O9S2. The van der Waals surface area contributed by atoms with Crippen LogP contribution in [0.1, 0.15) is 92.6 Å². The van der Waals surface area contributed by atoms with E-state index >= 15 is 0 Å². The number of aryl methyl sites for hydroxylation is 1. The Morgan fingerprint density at radius 2 is 1.86 bits per heavy atom. The first kappa shape index (κ1) is 41.2. The Morgan fingerprint density at radius 3 is 2.56 bits per heavy atom.